The third kappa shape index (κ3) is 2.43. The summed E-state index contributed by atoms with van der Waals surface area (Å²) < 4.78 is 10.4. The lowest BCUT2D eigenvalue weighted by atomic mass is 9.89. The number of aromatic nitrogens is 1. The van der Waals surface area contributed by atoms with Gasteiger partial charge in [-0.2, -0.15) is 0 Å². The van der Waals surface area contributed by atoms with Gasteiger partial charge in [-0.05, 0) is 31.2 Å². The number of nitrogens with one attached hydrogen (secondary N) is 1. The first-order chi connectivity index (χ1) is 11.7. The number of rotatable bonds is 2. The Hall–Kier alpha value is -1.86. The van der Waals surface area contributed by atoms with Crippen LogP contribution >= 0.6 is 11.3 Å². The van der Waals surface area contributed by atoms with Gasteiger partial charge in [0.2, 0.25) is 0 Å². The molecule has 0 aromatic carbocycles. The van der Waals surface area contributed by atoms with E-state index in [1.54, 1.807) is 0 Å². The largest absolute Gasteiger partial charge is 0.465 e. The number of anilines is 2. The van der Waals surface area contributed by atoms with Gasteiger partial charge in [0.25, 0.3) is 5.82 Å². The van der Waals surface area contributed by atoms with Crippen LogP contribution < -0.4 is 15.6 Å². The Morgan fingerprint density at radius 1 is 1.25 bits per heavy atom. The number of morpholine rings is 1. The summed E-state index contributed by atoms with van der Waals surface area (Å²) in [5.41, 5.74) is 9.55. The summed E-state index contributed by atoms with van der Waals surface area (Å²) in [6.07, 6.45) is 4.42. The Morgan fingerprint density at radius 2 is 1.96 bits per heavy atom. The van der Waals surface area contributed by atoms with Crippen molar-refractivity contribution < 1.29 is 19.3 Å². The molecule has 0 radical (unpaired) electrons. The second-order valence-electron chi connectivity index (χ2n) is 6.28. The summed E-state index contributed by atoms with van der Waals surface area (Å²) in [6, 6.07) is 0. The summed E-state index contributed by atoms with van der Waals surface area (Å²) in [6.45, 7) is 3.28. The molecular weight excluding hydrogens is 326 g/mol. The molecule has 0 spiro atoms. The molecule has 1 fully saturated rings. The number of aromatic amines is 1. The third-order valence-corrected chi connectivity index (χ3v) is 6.03. The lowest BCUT2D eigenvalue weighted by Gasteiger charge is -2.26. The molecule has 2 aromatic rings. The number of nitrogens with zero attached hydrogens (tertiary/aromatic N) is 1. The number of hydrogen-bond donors (Lipinski definition) is 1. The number of pyridine rings is 1. The molecule has 128 valence electrons. The van der Waals surface area contributed by atoms with E-state index in [1.165, 1.54) is 41.8 Å². The van der Waals surface area contributed by atoms with Crippen molar-refractivity contribution in [1.82, 2.24) is 0 Å². The molecule has 7 heteroatoms. The standard InChI is InChI=1S/C17H21N3O3S/c1-22-17(21)14-13(18)12-10-4-2-3-5-11(10)15(19-16(12)24-14)20-6-8-23-9-7-20/h2-9,18H2,1H3/p+1. The summed E-state index contributed by atoms with van der Waals surface area (Å²) in [4.78, 5) is 19.4. The minimum Gasteiger partial charge on any atom is -0.465 e. The van der Waals surface area contributed by atoms with Crippen molar-refractivity contribution in [3.05, 3.63) is 16.0 Å². The Morgan fingerprint density at radius 3 is 2.67 bits per heavy atom. The van der Waals surface area contributed by atoms with E-state index in [0.29, 0.717) is 10.6 Å². The number of carbonyl (C=O) groups is 1. The predicted octanol–water partition coefficient (Wildman–Crippen LogP) is 1.80. The summed E-state index contributed by atoms with van der Waals surface area (Å²) in [7, 11) is 1.39. The van der Waals surface area contributed by atoms with Gasteiger partial charge in [-0.1, -0.05) is 11.3 Å². The van der Waals surface area contributed by atoms with Crippen LogP contribution in [0.2, 0.25) is 0 Å². The Labute approximate surface area is 144 Å². The molecule has 0 amide bonds. The van der Waals surface area contributed by atoms with Crippen molar-refractivity contribution >= 4 is 39.0 Å². The quantitative estimate of drug-likeness (QED) is 0.837. The van der Waals surface area contributed by atoms with Gasteiger partial charge >= 0.3 is 5.97 Å². The zero-order valence-corrected chi connectivity index (χ0v) is 14.6. The van der Waals surface area contributed by atoms with Crippen LogP contribution in [0.1, 0.15) is 33.6 Å². The highest BCUT2D eigenvalue weighted by atomic mass is 32.1. The number of nitrogens with two attached hydrogens (primary N) is 1. The summed E-state index contributed by atoms with van der Waals surface area (Å²) >= 11 is 1.39. The van der Waals surface area contributed by atoms with Crippen LogP contribution in [0, 0.1) is 0 Å². The van der Waals surface area contributed by atoms with E-state index in [9.17, 15) is 4.79 Å². The Balaban J connectivity index is 1.92. The first-order valence-electron chi connectivity index (χ1n) is 8.40. The van der Waals surface area contributed by atoms with Crippen LogP contribution in [0.25, 0.3) is 10.2 Å². The van der Waals surface area contributed by atoms with Crippen molar-refractivity contribution in [1.29, 1.82) is 0 Å². The molecule has 2 aromatic heterocycles. The molecule has 1 aliphatic heterocycles. The number of ether oxygens (including phenoxy) is 2. The van der Waals surface area contributed by atoms with Gasteiger partial charge in [-0.15, -0.1) is 0 Å². The number of thiophene rings is 1. The molecule has 0 saturated carbocycles. The number of aryl methyl sites for hydroxylation is 1. The lowest BCUT2D eigenvalue weighted by Crippen LogP contribution is -2.40. The molecule has 4 rings (SSSR count). The first-order valence-corrected chi connectivity index (χ1v) is 9.22. The average molecular weight is 348 g/mol. The van der Waals surface area contributed by atoms with Gasteiger partial charge in [0.05, 0.1) is 31.4 Å². The first kappa shape index (κ1) is 15.7. The molecule has 6 nitrogen and oxygen atoms in total. The highest BCUT2D eigenvalue weighted by Gasteiger charge is 2.31. The summed E-state index contributed by atoms with van der Waals surface area (Å²) in [5.74, 6) is 0.817. The van der Waals surface area contributed by atoms with E-state index in [4.69, 9.17) is 15.2 Å². The van der Waals surface area contributed by atoms with Crippen molar-refractivity contribution in [3.8, 4) is 0 Å². The molecule has 0 atom stereocenters. The van der Waals surface area contributed by atoms with E-state index in [1.807, 2.05) is 0 Å². The van der Waals surface area contributed by atoms with E-state index >= 15 is 0 Å². The van der Waals surface area contributed by atoms with Crippen LogP contribution in [0.15, 0.2) is 0 Å². The molecule has 1 aliphatic carbocycles. The van der Waals surface area contributed by atoms with Gasteiger partial charge < -0.3 is 15.2 Å². The van der Waals surface area contributed by atoms with E-state index in [0.717, 1.165) is 55.8 Å². The fourth-order valence-corrected chi connectivity index (χ4v) is 4.82. The van der Waals surface area contributed by atoms with Gasteiger partial charge in [0.1, 0.15) is 18.0 Å². The minimum absolute atomic E-state index is 0.361. The number of esters is 1. The highest BCUT2D eigenvalue weighted by Crippen LogP contribution is 2.40. The second kappa shape index (κ2) is 6.22. The van der Waals surface area contributed by atoms with Crippen molar-refractivity contribution in [3.63, 3.8) is 0 Å². The van der Waals surface area contributed by atoms with E-state index < -0.39 is 0 Å². The molecule has 1 saturated heterocycles. The van der Waals surface area contributed by atoms with E-state index in [-0.39, 0.29) is 5.97 Å². The molecule has 0 unspecified atom stereocenters. The number of hydrogen-bond acceptors (Lipinski definition) is 6. The average Bonchev–Trinajstić information content (AvgIpc) is 2.98. The molecule has 0 bridgehead atoms. The maximum absolute atomic E-state index is 12.0. The second-order valence-corrected chi connectivity index (χ2v) is 7.30. The topological polar surface area (TPSA) is 78.9 Å². The van der Waals surface area contributed by atoms with Crippen molar-refractivity contribution in [2.75, 3.05) is 44.0 Å². The number of nitrogen functional groups attached to an aromatic ring is 1. The minimum atomic E-state index is -0.361. The lowest BCUT2D eigenvalue weighted by molar-refractivity contribution is -0.328. The zero-order valence-electron chi connectivity index (χ0n) is 13.8. The van der Waals surface area contributed by atoms with Gasteiger partial charge in [0, 0.05) is 5.56 Å². The number of H-pyrrole nitrogens is 1. The highest BCUT2D eigenvalue weighted by molar-refractivity contribution is 7.20. The normalized spacial score (nSPS) is 17.8. The van der Waals surface area contributed by atoms with Crippen LogP contribution in [0.5, 0.6) is 0 Å². The van der Waals surface area contributed by atoms with Gasteiger partial charge in [-0.25, -0.2) is 9.78 Å². The van der Waals surface area contributed by atoms with Crippen LogP contribution in [0.3, 0.4) is 0 Å². The Kier molecular flexibility index (Phi) is 4.05. The van der Waals surface area contributed by atoms with Crippen LogP contribution in [0.4, 0.5) is 11.5 Å². The molecule has 24 heavy (non-hydrogen) atoms. The van der Waals surface area contributed by atoms with Crippen molar-refractivity contribution in [2.45, 2.75) is 25.7 Å². The van der Waals surface area contributed by atoms with E-state index in [2.05, 4.69) is 9.88 Å². The Bertz CT molecular complexity index is 796. The monoisotopic (exact) mass is 348 g/mol. The van der Waals surface area contributed by atoms with Crippen molar-refractivity contribution in [2.24, 2.45) is 0 Å². The summed E-state index contributed by atoms with van der Waals surface area (Å²) in [5, 5.41) is 1.02. The number of carbonyl (C=O) groups excluding carboxylic acids is 1. The third-order valence-electron chi connectivity index (χ3n) is 4.93. The zero-order chi connectivity index (χ0) is 16.7. The maximum atomic E-state index is 12.0. The molecule has 3 N–H and O–H groups in total. The van der Waals surface area contributed by atoms with Crippen LogP contribution in [-0.4, -0.2) is 39.4 Å². The fraction of sp³-hybridized carbons (Fsp3) is 0.529. The van der Waals surface area contributed by atoms with Gasteiger partial charge in [0.15, 0.2) is 4.83 Å². The SMILES string of the molecule is COC(=O)c1sc2[nH+]c(N3CCOCC3)c3c(c2c1N)CCCC3. The molecule has 3 heterocycles. The van der Waals surface area contributed by atoms with Gasteiger partial charge in [-0.3, -0.25) is 4.90 Å². The number of methoxy groups -OCH3 is 1. The smallest absolute Gasteiger partial charge is 0.350 e. The van der Waals surface area contributed by atoms with Crippen LogP contribution in [-0.2, 0) is 22.3 Å². The maximum Gasteiger partial charge on any atom is 0.350 e. The molecule has 2 aliphatic rings. The fourth-order valence-electron chi connectivity index (χ4n) is 3.76. The molecular formula is C17H22N3O3S+. The predicted molar refractivity (Wildman–Crippen MR) is 93.8 cm³/mol. The number of fused-ring (bicyclic) bond motifs is 3.